The number of esters is 1. The number of amides is 2. The minimum Gasteiger partial charge on any atom is -0.508 e. The number of anilines is 1. The van der Waals surface area contributed by atoms with Crippen LogP contribution in [-0.4, -0.2) is 113 Å². The Hall–Kier alpha value is -4.63. The number of carbonyl (C=O) groups is 5. The standard InChI is InChI=1S/C36H50N4O11/c1-34(2,3)15-40(33(48)51-16-50-32(47)35(4,5)6)14-18-13-21(38(7)8)19-11-17-12-20-25(39(9)10)28(43)24(31(37)46)30(45)36(20,49)29(44)22(17)27(42)23(19)26(18)41/h13,17,20,25,41-42,45,49H,11-12,14-16H2,1-10H3,(H2,37,46)/t17-,20+,25+,36+/m1/s1. The molecule has 6 N–H and O–H groups in total. The van der Waals surface area contributed by atoms with Crippen molar-refractivity contribution in [3.8, 4) is 5.75 Å². The molecule has 3 aliphatic carbocycles. The van der Waals surface area contributed by atoms with Crippen molar-refractivity contribution in [1.29, 1.82) is 0 Å². The Morgan fingerprint density at radius 1 is 1.00 bits per heavy atom. The van der Waals surface area contributed by atoms with Crippen molar-refractivity contribution in [2.24, 2.45) is 28.4 Å². The molecule has 280 valence electrons. The highest BCUT2D eigenvalue weighted by Crippen LogP contribution is 2.54. The predicted molar refractivity (Wildman–Crippen MR) is 185 cm³/mol. The molecule has 1 fully saturated rings. The fourth-order valence-electron chi connectivity index (χ4n) is 7.27. The van der Waals surface area contributed by atoms with Gasteiger partial charge in [0.05, 0.1) is 23.6 Å². The second kappa shape index (κ2) is 13.5. The van der Waals surface area contributed by atoms with Crippen LogP contribution in [0.15, 0.2) is 23.0 Å². The fraction of sp³-hybridized carbons (Fsp3) is 0.583. The molecule has 0 aromatic heterocycles. The molecule has 2 amide bonds. The number of ketones is 2. The van der Waals surface area contributed by atoms with Crippen molar-refractivity contribution in [3.63, 3.8) is 0 Å². The van der Waals surface area contributed by atoms with Gasteiger partial charge in [-0.3, -0.25) is 24.1 Å². The lowest BCUT2D eigenvalue weighted by atomic mass is 9.57. The van der Waals surface area contributed by atoms with Crippen LogP contribution in [0.1, 0.15) is 64.7 Å². The summed E-state index contributed by atoms with van der Waals surface area (Å²) in [4.78, 5) is 70.0. The van der Waals surface area contributed by atoms with Crippen LogP contribution in [0.25, 0.3) is 5.76 Å². The van der Waals surface area contributed by atoms with E-state index < -0.39 is 93.5 Å². The first kappa shape index (κ1) is 39.2. The molecule has 1 aromatic rings. The minimum atomic E-state index is -2.77. The van der Waals surface area contributed by atoms with Gasteiger partial charge in [0.2, 0.25) is 12.6 Å². The van der Waals surface area contributed by atoms with Crippen molar-refractivity contribution < 1.29 is 53.9 Å². The summed E-state index contributed by atoms with van der Waals surface area (Å²) in [5.74, 6) is -8.04. The van der Waals surface area contributed by atoms with Crippen LogP contribution in [0, 0.1) is 22.7 Å². The number of Topliss-reactive ketones (excluding diaryl/α,β-unsaturated/α-hetero) is 2. The monoisotopic (exact) mass is 714 g/mol. The Balaban J connectivity index is 1.83. The highest BCUT2D eigenvalue weighted by molar-refractivity contribution is 6.24. The first-order chi connectivity index (χ1) is 23.3. The van der Waals surface area contributed by atoms with Crippen molar-refractivity contribution in [1.82, 2.24) is 9.80 Å². The molecular weight excluding hydrogens is 664 g/mol. The van der Waals surface area contributed by atoms with Crippen molar-refractivity contribution in [2.75, 3.05) is 46.4 Å². The topological polar surface area (TPSA) is 220 Å². The molecule has 0 spiro atoms. The van der Waals surface area contributed by atoms with Crippen molar-refractivity contribution >= 4 is 41.0 Å². The van der Waals surface area contributed by atoms with Gasteiger partial charge in [0.1, 0.15) is 22.8 Å². The minimum absolute atomic E-state index is 0.0495. The lowest BCUT2D eigenvalue weighted by Crippen LogP contribution is -2.65. The maximum Gasteiger partial charge on any atom is 0.412 e. The molecule has 4 atom stereocenters. The third-order valence-electron chi connectivity index (χ3n) is 9.53. The van der Waals surface area contributed by atoms with Crippen LogP contribution in [0.4, 0.5) is 10.5 Å². The van der Waals surface area contributed by atoms with Gasteiger partial charge in [-0.2, -0.15) is 0 Å². The molecule has 51 heavy (non-hydrogen) atoms. The number of fused-ring (bicyclic) bond motifs is 3. The number of phenols is 1. The average molecular weight is 715 g/mol. The van der Waals surface area contributed by atoms with Crippen LogP contribution in [0.3, 0.4) is 0 Å². The molecule has 0 heterocycles. The molecule has 1 aromatic carbocycles. The number of nitrogens with two attached hydrogens (primary N) is 1. The number of likely N-dealkylation sites (N-methyl/N-ethyl adjacent to an activating group) is 1. The Kier molecular flexibility index (Phi) is 10.4. The Morgan fingerprint density at radius 3 is 2.12 bits per heavy atom. The number of nitrogens with zero attached hydrogens (tertiary/aromatic N) is 3. The maximum atomic E-state index is 14.3. The summed E-state index contributed by atoms with van der Waals surface area (Å²) in [6.45, 7) is 9.95. The summed E-state index contributed by atoms with van der Waals surface area (Å²) >= 11 is 0. The van der Waals surface area contributed by atoms with Crippen LogP contribution in [-0.2, 0) is 41.6 Å². The largest absolute Gasteiger partial charge is 0.508 e. The van der Waals surface area contributed by atoms with Crippen molar-refractivity contribution in [2.45, 2.75) is 72.6 Å². The molecule has 0 bridgehead atoms. The van der Waals surface area contributed by atoms with Gasteiger partial charge in [0.25, 0.3) is 5.91 Å². The van der Waals surface area contributed by atoms with Gasteiger partial charge in [-0.1, -0.05) is 20.8 Å². The molecule has 0 unspecified atom stereocenters. The number of ether oxygens (including phenoxy) is 2. The first-order valence-electron chi connectivity index (χ1n) is 16.6. The Morgan fingerprint density at radius 2 is 1.61 bits per heavy atom. The Bertz CT molecular complexity index is 1730. The van der Waals surface area contributed by atoms with Crippen LogP contribution < -0.4 is 10.6 Å². The van der Waals surface area contributed by atoms with Crippen LogP contribution in [0.2, 0.25) is 0 Å². The number of rotatable bonds is 8. The van der Waals surface area contributed by atoms with Gasteiger partial charge in [0, 0.05) is 43.4 Å². The van der Waals surface area contributed by atoms with Gasteiger partial charge in [-0.25, -0.2) is 4.79 Å². The Labute approximate surface area is 297 Å². The second-order valence-corrected chi connectivity index (χ2v) is 16.2. The SMILES string of the molecule is CN(C)c1cc(CN(CC(C)(C)C)C(=O)OCOC(=O)C(C)(C)C)c(O)c2c1C[C@@H]1C[C@H]3[C@H](N(C)C)C(=O)C(C(N)=O)=C(O)[C@@]3(O)C(=O)C1=C2O. The van der Waals surface area contributed by atoms with Crippen LogP contribution in [0.5, 0.6) is 5.75 Å². The molecule has 1 saturated carbocycles. The molecule has 0 saturated heterocycles. The van der Waals surface area contributed by atoms with E-state index in [9.17, 15) is 44.4 Å². The highest BCUT2D eigenvalue weighted by Gasteiger charge is 2.64. The van der Waals surface area contributed by atoms with Crippen LogP contribution >= 0.6 is 0 Å². The van der Waals surface area contributed by atoms with Gasteiger partial charge < -0.3 is 45.4 Å². The van der Waals surface area contributed by atoms with Gasteiger partial charge in [-0.15, -0.1) is 0 Å². The maximum absolute atomic E-state index is 14.3. The smallest absolute Gasteiger partial charge is 0.412 e. The number of benzene rings is 1. The number of hydrogen-bond acceptors (Lipinski definition) is 13. The summed E-state index contributed by atoms with van der Waals surface area (Å²) in [6, 6.07) is 0.466. The van der Waals surface area contributed by atoms with E-state index in [4.69, 9.17) is 15.2 Å². The molecule has 0 radical (unpaired) electrons. The molecule has 15 heteroatoms. The van der Waals surface area contributed by atoms with E-state index in [1.165, 1.54) is 23.9 Å². The van der Waals surface area contributed by atoms with Crippen molar-refractivity contribution in [3.05, 3.63) is 39.7 Å². The lowest BCUT2D eigenvalue weighted by molar-refractivity contribution is -0.162. The van der Waals surface area contributed by atoms with Gasteiger partial charge >= 0.3 is 12.1 Å². The summed E-state index contributed by atoms with van der Waals surface area (Å²) in [5, 5.41) is 46.7. The second-order valence-electron chi connectivity index (χ2n) is 16.2. The number of phenolic OH excluding ortho intramolecular Hbond substituents is 1. The molecular formula is C36H50N4O11. The first-order valence-corrected chi connectivity index (χ1v) is 16.6. The van der Waals surface area contributed by atoms with E-state index in [2.05, 4.69) is 0 Å². The molecule has 0 aliphatic heterocycles. The summed E-state index contributed by atoms with van der Waals surface area (Å²) < 4.78 is 10.4. The van der Waals surface area contributed by atoms with E-state index in [-0.39, 0.29) is 42.6 Å². The molecule has 15 nitrogen and oxygen atoms in total. The summed E-state index contributed by atoms with van der Waals surface area (Å²) in [7, 11) is 6.57. The number of aliphatic hydroxyl groups excluding tert-OH is 2. The van der Waals surface area contributed by atoms with E-state index in [0.717, 1.165) is 0 Å². The quantitative estimate of drug-likeness (QED) is 0.149. The van der Waals surface area contributed by atoms with E-state index >= 15 is 0 Å². The van der Waals surface area contributed by atoms with E-state index in [0.29, 0.717) is 11.3 Å². The average Bonchev–Trinajstić information content (AvgIpc) is 2.98. The highest BCUT2D eigenvalue weighted by atomic mass is 16.7. The zero-order valence-corrected chi connectivity index (χ0v) is 30.9. The van der Waals surface area contributed by atoms with Gasteiger partial charge in [-0.05, 0) is 70.7 Å². The zero-order valence-electron chi connectivity index (χ0n) is 30.9. The lowest BCUT2D eigenvalue weighted by Gasteiger charge is -2.50. The zero-order chi connectivity index (χ0) is 38.7. The van der Waals surface area contributed by atoms with E-state index in [1.54, 1.807) is 45.8 Å². The normalized spacial score (nSPS) is 23.4. The number of carbonyl (C=O) groups excluding carboxylic acids is 5. The van der Waals surface area contributed by atoms with Gasteiger partial charge in [0.15, 0.2) is 11.4 Å². The third-order valence-corrected chi connectivity index (χ3v) is 9.53. The molecule has 3 aliphatic rings. The number of hydrogen-bond donors (Lipinski definition) is 5. The number of aliphatic hydroxyl groups is 3. The molecule has 4 rings (SSSR count). The summed E-state index contributed by atoms with van der Waals surface area (Å²) in [5.41, 5.74) is 1.33. The summed E-state index contributed by atoms with van der Waals surface area (Å²) in [6.07, 6.45) is -0.780. The third kappa shape index (κ3) is 7.01. The predicted octanol–water partition coefficient (Wildman–Crippen LogP) is 2.56. The van der Waals surface area contributed by atoms with E-state index in [1.807, 2.05) is 20.8 Å². The number of primary amides is 1. The fourth-order valence-corrected chi connectivity index (χ4v) is 7.27. The number of aromatic hydroxyl groups is 1.